The number of nitro benzene ring substituents is 1. The standard InChI is InChI=1S/C16H18N2O3/c1-12-5-3-4-6-13(12)9-10-17-15-11-14(21-2)7-8-16(15)18(19)20/h3-8,11,17H,9-10H2,1-2H3. The predicted octanol–water partition coefficient (Wildman–Crippen LogP) is 3.57. The van der Waals surface area contributed by atoms with Gasteiger partial charge in [0.05, 0.1) is 12.0 Å². The van der Waals surface area contributed by atoms with Crippen LogP contribution >= 0.6 is 0 Å². The molecule has 1 N–H and O–H groups in total. The van der Waals surface area contributed by atoms with E-state index >= 15 is 0 Å². The monoisotopic (exact) mass is 286 g/mol. The summed E-state index contributed by atoms with van der Waals surface area (Å²) in [5.41, 5.74) is 2.99. The fraction of sp³-hybridized carbons (Fsp3) is 0.250. The molecule has 5 heteroatoms. The van der Waals surface area contributed by atoms with E-state index in [1.165, 1.54) is 24.3 Å². The molecule has 2 aromatic carbocycles. The quantitative estimate of drug-likeness (QED) is 0.651. The van der Waals surface area contributed by atoms with E-state index in [0.717, 1.165) is 6.42 Å². The Hall–Kier alpha value is -2.56. The number of hydrogen-bond acceptors (Lipinski definition) is 4. The maximum atomic E-state index is 11.0. The maximum absolute atomic E-state index is 11.0. The fourth-order valence-electron chi connectivity index (χ4n) is 2.17. The van der Waals surface area contributed by atoms with Crippen molar-refractivity contribution in [1.29, 1.82) is 0 Å². The molecule has 0 bridgehead atoms. The highest BCUT2D eigenvalue weighted by Crippen LogP contribution is 2.28. The minimum atomic E-state index is -0.393. The SMILES string of the molecule is COc1ccc([N+](=O)[O-])c(NCCc2ccccc2C)c1. The Bertz CT molecular complexity index is 641. The van der Waals surface area contributed by atoms with Crippen LogP contribution in [0.1, 0.15) is 11.1 Å². The number of nitro groups is 1. The van der Waals surface area contributed by atoms with E-state index in [9.17, 15) is 10.1 Å². The molecule has 2 aromatic rings. The lowest BCUT2D eigenvalue weighted by Crippen LogP contribution is -2.07. The molecule has 0 fully saturated rings. The van der Waals surface area contributed by atoms with Gasteiger partial charge in [-0.25, -0.2) is 0 Å². The molecular formula is C16H18N2O3. The Kier molecular flexibility index (Phi) is 4.77. The lowest BCUT2D eigenvalue weighted by atomic mass is 10.1. The number of anilines is 1. The summed E-state index contributed by atoms with van der Waals surface area (Å²) in [7, 11) is 1.54. The molecule has 2 rings (SSSR count). The summed E-state index contributed by atoms with van der Waals surface area (Å²) in [6.07, 6.45) is 0.807. The van der Waals surface area contributed by atoms with Gasteiger partial charge in [0, 0.05) is 18.7 Å². The lowest BCUT2D eigenvalue weighted by Gasteiger charge is -2.10. The topological polar surface area (TPSA) is 64.4 Å². The summed E-state index contributed by atoms with van der Waals surface area (Å²) in [5, 5.41) is 14.2. The largest absolute Gasteiger partial charge is 0.497 e. The smallest absolute Gasteiger partial charge is 0.292 e. The van der Waals surface area contributed by atoms with Gasteiger partial charge in [-0.15, -0.1) is 0 Å². The van der Waals surface area contributed by atoms with Crippen molar-refractivity contribution in [2.24, 2.45) is 0 Å². The second-order valence-electron chi connectivity index (χ2n) is 4.74. The van der Waals surface area contributed by atoms with Gasteiger partial charge in [0.15, 0.2) is 0 Å². The average molecular weight is 286 g/mol. The number of ether oxygens (including phenoxy) is 1. The number of methoxy groups -OCH3 is 1. The molecule has 0 saturated heterocycles. The van der Waals surface area contributed by atoms with Crippen molar-refractivity contribution in [3.8, 4) is 5.75 Å². The molecule has 0 amide bonds. The highest BCUT2D eigenvalue weighted by atomic mass is 16.6. The van der Waals surface area contributed by atoms with Gasteiger partial charge < -0.3 is 10.1 Å². The molecule has 0 heterocycles. The van der Waals surface area contributed by atoms with Gasteiger partial charge in [-0.3, -0.25) is 10.1 Å². The van der Waals surface area contributed by atoms with Crippen molar-refractivity contribution in [3.63, 3.8) is 0 Å². The van der Waals surface area contributed by atoms with E-state index in [-0.39, 0.29) is 5.69 Å². The molecule has 0 saturated carbocycles. The second-order valence-corrected chi connectivity index (χ2v) is 4.74. The van der Waals surface area contributed by atoms with Gasteiger partial charge in [0.2, 0.25) is 0 Å². The van der Waals surface area contributed by atoms with E-state index in [4.69, 9.17) is 4.74 Å². The van der Waals surface area contributed by atoms with Gasteiger partial charge in [0.25, 0.3) is 5.69 Å². The summed E-state index contributed by atoms with van der Waals surface area (Å²) >= 11 is 0. The Morgan fingerprint density at radius 1 is 1.24 bits per heavy atom. The van der Waals surface area contributed by atoms with E-state index in [1.54, 1.807) is 12.1 Å². The molecular weight excluding hydrogens is 268 g/mol. The number of nitrogens with one attached hydrogen (secondary N) is 1. The van der Waals surface area contributed by atoms with E-state index in [1.807, 2.05) is 12.1 Å². The van der Waals surface area contributed by atoms with Crippen molar-refractivity contribution in [3.05, 3.63) is 63.7 Å². The predicted molar refractivity (Wildman–Crippen MR) is 83.0 cm³/mol. The summed E-state index contributed by atoms with van der Waals surface area (Å²) in [5.74, 6) is 0.596. The van der Waals surface area contributed by atoms with Gasteiger partial charge in [-0.05, 0) is 30.5 Å². The van der Waals surface area contributed by atoms with Crippen molar-refractivity contribution in [1.82, 2.24) is 0 Å². The zero-order valence-corrected chi connectivity index (χ0v) is 12.1. The Labute approximate surface area is 123 Å². The van der Waals surface area contributed by atoms with Crippen molar-refractivity contribution in [2.45, 2.75) is 13.3 Å². The van der Waals surface area contributed by atoms with Crippen LogP contribution in [0.2, 0.25) is 0 Å². The number of aryl methyl sites for hydroxylation is 1. The first-order valence-electron chi connectivity index (χ1n) is 6.72. The first kappa shape index (κ1) is 14.8. The summed E-state index contributed by atoms with van der Waals surface area (Å²) in [4.78, 5) is 10.6. The Morgan fingerprint density at radius 3 is 2.67 bits per heavy atom. The number of rotatable bonds is 6. The van der Waals surface area contributed by atoms with Crippen molar-refractivity contribution >= 4 is 11.4 Å². The molecule has 0 aliphatic heterocycles. The third-order valence-electron chi connectivity index (χ3n) is 3.37. The Balaban J connectivity index is 2.08. The first-order valence-corrected chi connectivity index (χ1v) is 6.72. The number of benzene rings is 2. The minimum Gasteiger partial charge on any atom is -0.497 e. The van der Waals surface area contributed by atoms with E-state index < -0.39 is 4.92 Å². The van der Waals surface area contributed by atoms with Crippen LogP contribution in [0.4, 0.5) is 11.4 Å². The molecule has 0 spiro atoms. The number of nitrogens with zero attached hydrogens (tertiary/aromatic N) is 1. The zero-order valence-electron chi connectivity index (χ0n) is 12.1. The van der Waals surface area contributed by atoms with Gasteiger partial charge >= 0.3 is 0 Å². The molecule has 110 valence electrons. The highest BCUT2D eigenvalue weighted by Gasteiger charge is 2.14. The third-order valence-corrected chi connectivity index (χ3v) is 3.37. The first-order chi connectivity index (χ1) is 10.1. The summed E-state index contributed by atoms with van der Waals surface area (Å²) < 4.78 is 5.11. The third kappa shape index (κ3) is 3.72. The van der Waals surface area contributed by atoms with Crippen LogP contribution < -0.4 is 10.1 Å². The summed E-state index contributed by atoms with van der Waals surface area (Å²) in [6, 6.07) is 12.8. The van der Waals surface area contributed by atoms with Crippen LogP contribution in [-0.2, 0) is 6.42 Å². The van der Waals surface area contributed by atoms with Crippen LogP contribution in [-0.4, -0.2) is 18.6 Å². The second kappa shape index (κ2) is 6.74. The molecule has 21 heavy (non-hydrogen) atoms. The summed E-state index contributed by atoms with van der Waals surface area (Å²) in [6.45, 7) is 2.68. The van der Waals surface area contributed by atoms with Gasteiger partial charge in [-0.1, -0.05) is 24.3 Å². The normalized spacial score (nSPS) is 10.2. The van der Waals surface area contributed by atoms with Crippen LogP contribution in [0.5, 0.6) is 5.75 Å². The Morgan fingerprint density at radius 2 is 2.00 bits per heavy atom. The van der Waals surface area contributed by atoms with Crippen LogP contribution in [0.3, 0.4) is 0 Å². The van der Waals surface area contributed by atoms with Crippen LogP contribution in [0, 0.1) is 17.0 Å². The molecule has 0 unspecified atom stereocenters. The fourth-order valence-corrected chi connectivity index (χ4v) is 2.17. The zero-order chi connectivity index (χ0) is 15.2. The lowest BCUT2D eigenvalue weighted by molar-refractivity contribution is -0.384. The highest BCUT2D eigenvalue weighted by molar-refractivity contribution is 5.64. The van der Waals surface area contributed by atoms with Crippen molar-refractivity contribution < 1.29 is 9.66 Å². The van der Waals surface area contributed by atoms with Gasteiger partial charge in [0.1, 0.15) is 11.4 Å². The molecule has 0 radical (unpaired) electrons. The maximum Gasteiger partial charge on any atom is 0.292 e. The van der Waals surface area contributed by atoms with E-state index in [2.05, 4.69) is 24.4 Å². The molecule has 5 nitrogen and oxygen atoms in total. The van der Waals surface area contributed by atoms with Crippen LogP contribution in [0.15, 0.2) is 42.5 Å². The van der Waals surface area contributed by atoms with E-state index in [0.29, 0.717) is 18.0 Å². The minimum absolute atomic E-state index is 0.0561. The molecule has 0 atom stereocenters. The molecule has 0 aromatic heterocycles. The van der Waals surface area contributed by atoms with Gasteiger partial charge in [-0.2, -0.15) is 0 Å². The average Bonchev–Trinajstić information content (AvgIpc) is 2.48. The molecule has 0 aliphatic rings. The number of hydrogen-bond donors (Lipinski definition) is 1. The van der Waals surface area contributed by atoms with Crippen molar-refractivity contribution in [2.75, 3.05) is 19.0 Å². The van der Waals surface area contributed by atoms with Crippen LogP contribution in [0.25, 0.3) is 0 Å². The molecule has 0 aliphatic carbocycles.